The fraction of sp³-hybridized carbons (Fsp3) is 0.263. The molecule has 1 heterocycles. The number of ether oxygens (including phenoxy) is 1. The van der Waals surface area contributed by atoms with Crippen LogP contribution in [0.5, 0.6) is 5.75 Å². The Morgan fingerprint density at radius 3 is 2.46 bits per heavy atom. The van der Waals surface area contributed by atoms with Gasteiger partial charge in [-0.2, -0.15) is 8.78 Å². The second-order valence-corrected chi connectivity index (χ2v) is 6.34. The van der Waals surface area contributed by atoms with Crippen LogP contribution in [-0.4, -0.2) is 23.4 Å². The number of halogens is 2. The number of carbonyl (C=O) groups excluding carboxylic acids is 2. The van der Waals surface area contributed by atoms with E-state index in [-0.39, 0.29) is 12.3 Å². The summed E-state index contributed by atoms with van der Waals surface area (Å²) in [6, 6.07) is 12.7. The molecule has 26 heavy (non-hydrogen) atoms. The summed E-state index contributed by atoms with van der Waals surface area (Å²) in [4.78, 5) is 26.4. The van der Waals surface area contributed by atoms with E-state index >= 15 is 0 Å². The van der Waals surface area contributed by atoms with Gasteiger partial charge in [-0.05, 0) is 37.1 Å². The standard InChI is InChI=1S/C19H18F2N2O3/c1-12-4-3-5-13(10-12)11-23-16(24)19(2,22-18(23)25)14-6-8-15(9-7-14)26-17(20)21/h3-10,17H,11H2,1-2H3,(H,22,25). The molecule has 0 aliphatic carbocycles. The molecule has 136 valence electrons. The molecule has 5 nitrogen and oxygen atoms in total. The van der Waals surface area contributed by atoms with Crippen molar-refractivity contribution in [1.29, 1.82) is 0 Å². The Morgan fingerprint density at radius 2 is 1.85 bits per heavy atom. The largest absolute Gasteiger partial charge is 0.435 e. The Labute approximate surface area is 149 Å². The summed E-state index contributed by atoms with van der Waals surface area (Å²) >= 11 is 0. The summed E-state index contributed by atoms with van der Waals surface area (Å²) in [5.74, 6) is -0.410. The maximum Gasteiger partial charge on any atom is 0.387 e. The van der Waals surface area contributed by atoms with Crippen LogP contribution < -0.4 is 10.1 Å². The Morgan fingerprint density at radius 1 is 1.15 bits per heavy atom. The summed E-state index contributed by atoms with van der Waals surface area (Å²) in [6.45, 7) is 0.762. The zero-order chi connectivity index (χ0) is 18.9. The van der Waals surface area contributed by atoms with E-state index < -0.39 is 24.1 Å². The second-order valence-electron chi connectivity index (χ2n) is 6.34. The molecule has 3 rings (SSSR count). The summed E-state index contributed by atoms with van der Waals surface area (Å²) in [5.41, 5.74) is 1.11. The van der Waals surface area contributed by atoms with Crippen LogP contribution in [0.4, 0.5) is 13.6 Å². The molecular formula is C19H18F2N2O3. The van der Waals surface area contributed by atoms with Crippen LogP contribution in [-0.2, 0) is 16.9 Å². The number of rotatable bonds is 5. The van der Waals surface area contributed by atoms with Gasteiger partial charge in [0.25, 0.3) is 5.91 Å². The van der Waals surface area contributed by atoms with Gasteiger partial charge in [-0.15, -0.1) is 0 Å². The topological polar surface area (TPSA) is 58.6 Å². The van der Waals surface area contributed by atoms with Crippen molar-refractivity contribution in [2.75, 3.05) is 0 Å². The van der Waals surface area contributed by atoms with Crippen LogP contribution in [0.15, 0.2) is 48.5 Å². The molecule has 1 unspecified atom stereocenters. The monoisotopic (exact) mass is 360 g/mol. The lowest BCUT2D eigenvalue weighted by molar-refractivity contribution is -0.131. The highest BCUT2D eigenvalue weighted by Crippen LogP contribution is 2.31. The van der Waals surface area contributed by atoms with E-state index in [1.165, 1.54) is 24.3 Å². The minimum atomic E-state index is -2.92. The average molecular weight is 360 g/mol. The van der Waals surface area contributed by atoms with Crippen LogP contribution in [0, 0.1) is 6.92 Å². The van der Waals surface area contributed by atoms with Gasteiger partial charge in [0.05, 0.1) is 6.54 Å². The molecule has 2 aromatic rings. The molecule has 1 saturated heterocycles. The Hall–Kier alpha value is -2.96. The summed E-state index contributed by atoms with van der Waals surface area (Å²) in [7, 11) is 0. The molecule has 1 aliphatic heterocycles. The van der Waals surface area contributed by atoms with Gasteiger partial charge in [0, 0.05) is 0 Å². The van der Waals surface area contributed by atoms with Crippen LogP contribution in [0.25, 0.3) is 0 Å². The molecule has 0 aromatic heterocycles. The average Bonchev–Trinajstić information content (AvgIpc) is 2.79. The van der Waals surface area contributed by atoms with Crippen molar-refractivity contribution in [2.24, 2.45) is 0 Å². The number of urea groups is 1. The minimum Gasteiger partial charge on any atom is -0.435 e. The number of nitrogens with zero attached hydrogens (tertiary/aromatic N) is 1. The van der Waals surface area contributed by atoms with Gasteiger partial charge < -0.3 is 10.1 Å². The Bertz CT molecular complexity index is 839. The molecule has 0 radical (unpaired) electrons. The number of benzene rings is 2. The fourth-order valence-corrected chi connectivity index (χ4v) is 3.00. The van der Waals surface area contributed by atoms with Crippen molar-refractivity contribution in [1.82, 2.24) is 10.2 Å². The molecule has 0 bridgehead atoms. The molecule has 1 atom stereocenters. The van der Waals surface area contributed by atoms with Crippen LogP contribution in [0.1, 0.15) is 23.6 Å². The first-order chi connectivity index (χ1) is 12.3. The van der Waals surface area contributed by atoms with E-state index in [1.54, 1.807) is 6.92 Å². The third kappa shape index (κ3) is 3.37. The number of amides is 3. The van der Waals surface area contributed by atoms with Gasteiger partial charge in [0.1, 0.15) is 11.3 Å². The zero-order valence-corrected chi connectivity index (χ0v) is 14.3. The van der Waals surface area contributed by atoms with Gasteiger partial charge in [-0.1, -0.05) is 42.0 Å². The molecule has 0 saturated carbocycles. The first kappa shape index (κ1) is 17.8. The number of carbonyl (C=O) groups is 2. The van der Waals surface area contributed by atoms with Gasteiger partial charge >= 0.3 is 12.6 Å². The van der Waals surface area contributed by atoms with Crippen molar-refractivity contribution >= 4 is 11.9 Å². The lowest BCUT2D eigenvalue weighted by Gasteiger charge is -2.22. The third-order valence-electron chi connectivity index (χ3n) is 4.35. The van der Waals surface area contributed by atoms with E-state index in [1.807, 2.05) is 31.2 Å². The van der Waals surface area contributed by atoms with Crippen LogP contribution in [0.3, 0.4) is 0 Å². The molecule has 3 amide bonds. The van der Waals surface area contributed by atoms with E-state index in [2.05, 4.69) is 10.1 Å². The van der Waals surface area contributed by atoms with Crippen molar-refractivity contribution in [3.05, 3.63) is 65.2 Å². The van der Waals surface area contributed by atoms with Crippen molar-refractivity contribution in [3.63, 3.8) is 0 Å². The van der Waals surface area contributed by atoms with E-state index in [0.29, 0.717) is 5.56 Å². The predicted octanol–water partition coefficient (Wildman–Crippen LogP) is 3.56. The summed E-state index contributed by atoms with van der Waals surface area (Å²) < 4.78 is 28.8. The van der Waals surface area contributed by atoms with Gasteiger partial charge in [0.2, 0.25) is 0 Å². The van der Waals surface area contributed by atoms with Crippen LogP contribution in [0.2, 0.25) is 0 Å². The highest BCUT2D eigenvalue weighted by Gasteiger charge is 2.48. The first-order valence-electron chi connectivity index (χ1n) is 8.04. The Kier molecular flexibility index (Phi) is 4.63. The highest BCUT2D eigenvalue weighted by atomic mass is 19.3. The molecule has 2 aromatic carbocycles. The minimum absolute atomic E-state index is 0.0132. The zero-order valence-electron chi connectivity index (χ0n) is 14.3. The van der Waals surface area contributed by atoms with Crippen molar-refractivity contribution in [3.8, 4) is 5.75 Å². The maximum atomic E-state index is 12.9. The number of alkyl halides is 2. The SMILES string of the molecule is Cc1cccc(CN2C(=O)NC(C)(c3ccc(OC(F)F)cc3)C2=O)c1. The number of nitrogens with one attached hydrogen (secondary N) is 1. The third-order valence-corrected chi connectivity index (χ3v) is 4.35. The lowest BCUT2D eigenvalue weighted by Crippen LogP contribution is -2.40. The normalized spacial score (nSPS) is 19.8. The van der Waals surface area contributed by atoms with Gasteiger partial charge in [0.15, 0.2) is 0 Å². The smallest absolute Gasteiger partial charge is 0.387 e. The number of imide groups is 1. The molecule has 1 fully saturated rings. The van der Waals surface area contributed by atoms with Gasteiger partial charge in [-0.3, -0.25) is 9.69 Å². The highest BCUT2D eigenvalue weighted by molar-refractivity contribution is 6.07. The van der Waals surface area contributed by atoms with Gasteiger partial charge in [-0.25, -0.2) is 4.79 Å². The fourth-order valence-electron chi connectivity index (χ4n) is 3.00. The van der Waals surface area contributed by atoms with E-state index in [4.69, 9.17) is 0 Å². The quantitative estimate of drug-likeness (QED) is 0.830. The molecular weight excluding hydrogens is 342 g/mol. The van der Waals surface area contributed by atoms with Crippen molar-refractivity contribution < 1.29 is 23.1 Å². The number of aryl methyl sites for hydroxylation is 1. The van der Waals surface area contributed by atoms with Crippen LogP contribution >= 0.6 is 0 Å². The van der Waals surface area contributed by atoms with Crippen molar-refractivity contribution in [2.45, 2.75) is 32.5 Å². The number of hydrogen-bond acceptors (Lipinski definition) is 3. The Balaban J connectivity index is 1.82. The lowest BCUT2D eigenvalue weighted by atomic mass is 9.92. The summed E-state index contributed by atoms with van der Waals surface area (Å²) in [6.07, 6.45) is 0. The molecule has 1 N–H and O–H groups in total. The van der Waals surface area contributed by atoms with E-state index in [0.717, 1.165) is 16.0 Å². The first-order valence-corrected chi connectivity index (χ1v) is 8.04. The molecule has 0 spiro atoms. The summed E-state index contributed by atoms with van der Waals surface area (Å²) in [5, 5.41) is 2.69. The predicted molar refractivity (Wildman–Crippen MR) is 90.7 cm³/mol. The van der Waals surface area contributed by atoms with E-state index in [9.17, 15) is 18.4 Å². The second kappa shape index (κ2) is 6.74. The molecule has 7 heteroatoms. The maximum absolute atomic E-state index is 12.9. The molecule has 1 aliphatic rings. The number of hydrogen-bond donors (Lipinski definition) is 1.